The molecule has 3 heteroatoms. The Hall–Kier alpha value is -0.380. The van der Waals surface area contributed by atoms with E-state index in [1.54, 1.807) is 0 Å². The van der Waals surface area contributed by atoms with Crippen molar-refractivity contribution < 1.29 is 4.74 Å². The molecule has 0 aliphatic carbocycles. The van der Waals surface area contributed by atoms with Gasteiger partial charge in [-0.15, -0.1) is 0 Å². The van der Waals surface area contributed by atoms with Gasteiger partial charge in [-0.3, -0.25) is 0 Å². The maximum atomic E-state index is 6.06. The predicted octanol–water partition coefficient (Wildman–Crippen LogP) is 4.04. The second-order valence-electron chi connectivity index (χ2n) is 4.54. The maximum Gasteiger partial charge on any atom is 0.0987 e. The molecule has 17 heavy (non-hydrogen) atoms. The molecule has 2 nitrogen and oxygen atoms in total. The van der Waals surface area contributed by atoms with Crippen LogP contribution in [-0.2, 0) is 4.74 Å². The molecule has 0 saturated heterocycles. The van der Waals surface area contributed by atoms with Gasteiger partial charge in [0.25, 0.3) is 0 Å². The van der Waals surface area contributed by atoms with Gasteiger partial charge in [0, 0.05) is 10.5 Å². The second-order valence-corrected chi connectivity index (χ2v) is 5.39. The van der Waals surface area contributed by atoms with Gasteiger partial charge in [-0.05, 0) is 31.9 Å². The number of ether oxygens (including phenoxy) is 1. The van der Waals surface area contributed by atoms with Crippen molar-refractivity contribution in [1.82, 2.24) is 0 Å². The van der Waals surface area contributed by atoms with Crippen molar-refractivity contribution in [2.75, 3.05) is 0 Å². The van der Waals surface area contributed by atoms with Gasteiger partial charge < -0.3 is 10.5 Å². The van der Waals surface area contributed by atoms with Gasteiger partial charge in [-0.25, -0.2) is 0 Å². The number of nitrogens with two attached hydrogens (primary N) is 1. The molecule has 3 unspecified atom stereocenters. The number of hydrogen-bond donors (Lipinski definition) is 1. The lowest BCUT2D eigenvalue weighted by Crippen LogP contribution is -2.29. The number of hydrogen-bond acceptors (Lipinski definition) is 2. The van der Waals surface area contributed by atoms with E-state index < -0.39 is 0 Å². The van der Waals surface area contributed by atoms with Crippen molar-refractivity contribution in [1.29, 1.82) is 0 Å². The van der Waals surface area contributed by atoms with Gasteiger partial charge in [0.1, 0.15) is 0 Å². The summed E-state index contributed by atoms with van der Waals surface area (Å²) in [5.41, 5.74) is 7.17. The van der Waals surface area contributed by atoms with Crippen LogP contribution in [0.4, 0.5) is 0 Å². The Morgan fingerprint density at radius 3 is 2.47 bits per heavy atom. The Bertz CT molecular complexity index is 341. The summed E-state index contributed by atoms with van der Waals surface area (Å²) in [5, 5.41) is 0. The van der Waals surface area contributed by atoms with Crippen LogP contribution in [0.25, 0.3) is 0 Å². The molecule has 0 spiro atoms. The molecular formula is C14H22BrNO. The molecule has 2 N–H and O–H groups in total. The first kappa shape index (κ1) is 14.7. The smallest absolute Gasteiger partial charge is 0.0987 e. The van der Waals surface area contributed by atoms with Gasteiger partial charge in [0.2, 0.25) is 0 Å². The van der Waals surface area contributed by atoms with E-state index in [4.69, 9.17) is 10.5 Å². The molecule has 0 amide bonds. The molecule has 96 valence electrons. The molecule has 0 saturated carbocycles. The summed E-state index contributed by atoms with van der Waals surface area (Å²) in [6.07, 6.45) is 2.38. The van der Waals surface area contributed by atoms with Crippen LogP contribution in [0.1, 0.15) is 45.3 Å². The topological polar surface area (TPSA) is 35.2 Å². The summed E-state index contributed by atoms with van der Waals surface area (Å²) < 4.78 is 7.13. The SMILES string of the molecule is CCCC(C)OC(c1ccccc1Br)C(C)N. The van der Waals surface area contributed by atoms with Crippen LogP contribution >= 0.6 is 15.9 Å². The Labute approximate surface area is 113 Å². The summed E-state index contributed by atoms with van der Waals surface area (Å²) in [6, 6.07) is 8.09. The maximum absolute atomic E-state index is 6.06. The van der Waals surface area contributed by atoms with E-state index in [0.717, 1.165) is 22.9 Å². The zero-order valence-corrected chi connectivity index (χ0v) is 12.4. The van der Waals surface area contributed by atoms with Gasteiger partial charge in [0.05, 0.1) is 12.2 Å². The van der Waals surface area contributed by atoms with Crippen molar-refractivity contribution in [2.24, 2.45) is 5.73 Å². The molecule has 1 aromatic rings. The first-order chi connectivity index (χ1) is 8.06. The van der Waals surface area contributed by atoms with Crippen LogP contribution in [0, 0.1) is 0 Å². The largest absolute Gasteiger partial charge is 0.369 e. The van der Waals surface area contributed by atoms with Crippen molar-refractivity contribution >= 4 is 15.9 Å². The monoisotopic (exact) mass is 299 g/mol. The molecule has 0 aliphatic rings. The normalized spacial score (nSPS) is 16.5. The van der Waals surface area contributed by atoms with Crippen LogP contribution in [-0.4, -0.2) is 12.1 Å². The van der Waals surface area contributed by atoms with Crippen LogP contribution < -0.4 is 5.73 Å². The van der Waals surface area contributed by atoms with Crippen molar-refractivity contribution in [3.05, 3.63) is 34.3 Å². The van der Waals surface area contributed by atoms with E-state index in [0.29, 0.717) is 0 Å². The summed E-state index contributed by atoms with van der Waals surface area (Å²) in [5.74, 6) is 0. The fourth-order valence-electron chi connectivity index (χ4n) is 1.91. The van der Waals surface area contributed by atoms with Gasteiger partial charge in [-0.1, -0.05) is 47.5 Å². The first-order valence-electron chi connectivity index (χ1n) is 6.21. The Morgan fingerprint density at radius 2 is 1.94 bits per heavy atom. The fraction of sp³-hybridized carbons (Fsp3) is 0.571. The van der Waals surface area contributed by atoms with E-state index in [-0.39, 0.29) is 18.2 Å². The first-order valence-corrected chi connectivity index (χ1v) is 7.01. The number of benzene rings is 1. The van der Waals surface area contributed by atoms with Crippen molar-refractivity contribution in [3.8, 4) is 0 Å². The third-order valence-corrected chi connectivity index (χ3v) is 3.49. The highest BCUT2D eigenvalue weighted by molar-refractivity contribution is 9.10. The molecule has 0 aliphatic heterocycles. The lowest BCUT2D eigenvalue weighted by Gasteiger charge is -2.26. The minimum Gasteiger partial charge on any atom is -0.369 e. The van der Waals surface area contributed by atoms with E-state index in [9.17, 15) is 0 Å². The standard InChI is InChI=1S/C14H22BrNO/c1-4-7-10(2)17-14(11(3)16)12-8-5-6-9-13(12)15/h5-6,8-11,14H,4,7,16H2,1-3H3. The summed E-state index contributed by atoms with van der Waals surface area (Å²) in [4.78, 5) is 0. The number of rotatable bonds is 6. The number of halogens is 1. The quantitative estimate of drug-likeness (QED) is 0.860. The average molecular weight is 300 g/mol. The molecule has 0 fully saturated rings. The van der Waals surface area contributed by atoms with Crippen LogP contribution in [0.2, 0.25) is 0 Å². The summed E-state index contributed by atoms with van der Waals surface area (Å²) >= 11 is 3.56. The predicted molar refractivity (Wildman–Crippen MR) is 76.0 cm³/mol. The van der Waals surface area contributed by atoms with Crippen LogP contribution in [0.15, 0.2) is 28.7 Å². The van der Waals surface area contributed by atoms with Crippen LogP contribution in [0.3, 0.4) is 0 Å². The second kappa shape index (κ2) is 7.14. The van der Waals surface area contributed by atoms with E-state index in [1.165, 1.54) is 0 Å². The fourth-order valence-corrected chi connectivity index (χ4v) is 2.42. The van der Waals surface area contributed by atoms with E-state index >= 15 is 0 Å². The van der Waals surface area contributed by atoms with Crippen LogP contribution in [0.5, 0.6) is 0 Å². The minimum absolute atomic E-state index is 0.0204. The molecule has 1 aromatic carbocycles. The summed E-state index contributed by atoms with van der Waals surface area (Å²) in [7, 11) is 0. The van der Waals surface area contributed by atoms with Gasteiger partial charge in [-0.2, -0.15) is 0 Å². The Balaban J connectivity index is 2.83. The zero-order chi connectivity index (χ0) is 12.8. The van der Waals surface area contributed by atoms with E-state index in [2.05, 4.69) is 35.8 Å². The molecule has 0 bridgehead atoms. The molecule has 1 rings (SSSR count). The van der Waals surface area contributed by atoms with Crippen molar-refractivity contribution in [2.45, 2.75) is 51.9 Å². The average Bonchev–Trinajstić information content (AvgIpc) is 2.27. The summed E-state index contributed by atoms with van der Waals surface area (Å²) in [6.45, 7) is 6.26. The third kappa shape index (κ3) is 4.41. The highest BCUT2D eigenvalue weighted by Crippen LogP contribution is 2.29. The van der Waals surface area contributed by atoms with Crippen molar-refractivity contribution in [3.63, 3.8) is 0 Å². The molecule has 3 atom stereocenters. The van der Waals surface area contributed by atoms with Gasteiger partial charge >= 0.3 is 0 Å². The molecule has 0 heterocycles. The molecular weight excluding hydrogens is 278 g/mol. The Kier molecular flexibility index (Phi) is 6.17. The lowest BCUT2D eigenvalue weighted by molar-refractivity contribution is -0.0190. The van der Waals surface area contributed by atoms with E-state index in [1.807, 2.05) is 25.1 Å². The highest BCUT2D eigenvalue weighted by atomic mass is 79.9. The molecule has 0 aromatic heterocycles. The highest BCUT2D eigenvalue weighted by Gasteiger charge is 2.21. The Morgan fingerprint density at radius 1 is 1.29 bits per heavy atom. The zero-order valence-electron chi connectivity index (χ0n) is 10.8. The van der Waals surface area contributed by atoms with Gasteiger partial charge in [0.15, 0.2) is 0 Å². The lowest BCUT2D eigenvalue weighted by atomic mass is 10.0. The minimum atomic E-state index is -0.0490. The molecule has 0 radical (unpaired) electrons. The third-order valence-electron chi connectivity index (χ3n) is 2.76.